The Kier molecular flexibility index (Phi) is 6.21. The van der Waals surface area contributed by atoms with Gasteiger partial charge in [0.2, 0.25) is 0 Å². The van der Waals surface area contributed by atoms with E-state index in [0.717, 1.165) is 18.1 Å². The van der Waals surface area contributed by atoms with Gasteiger partial charge in [-0.3, -0.25) is 0 Å². The lowest BCUT2D eigenvalue weighted by Gasteiger charge is -2.09. The van der Waals surface area contributed by atoms with Crippen LogP contribution >= 0.6 is 46.6 Å². The summed E-state index contributed by atoms with van der Waals surface area (Å²) in [5.41, 5.74) is 1.20. The Morgan fingerprint density at radius 1 is 1.27 bits per heavy atom. The molecule has 0 bridgehead atoms. The maximum atomic E-state index is 5.93. The Labute approximate surface area is 110 Å². The highest BCUT2D eigenvalue weighted by molar-refractivity contribution is 7.99. The van der Waals surface area contributed by atoms with Gasteiger partial charge in [-0.2, -0.15) is 11.8 Å². The van der Waals surface area contributed by atoms with E-state index in [-0.39, 0.29) is 0 Å². The second-order valence-corrected chi connectivity index (χ2v) is 5.97. The van der Waals surface area contributed by atoms with Crippen molar-refractivity contribution in [1.29, 1.82) is 0 Å². The number of hydrogen-bond acceptors (Lipinski definition) is 1. The van der Waals surface area contributed by atoms with Crippen molar-refractivity contribution >= 4 is 46.6 Å². The summed E-state index contributed by atoms with van der Waals surface area (Å²) in [5.74, 6) is 1.67. The predicted molar refractivity (Wildman–Crippen MR) is 72.6 cm³/mol. The highest BCUT2D eigenvalue weighted by Gasteiger charge is 2.04. The molecule has 0 nitrogen and oxygen atoms in total. The zero-order valence-corrected chi connectivity index (χ0v) is 11.6. The van der Waals surface area contributed by atoms with Crippen molar-refractivity contribution in [2.24, 2.45) is 0 Å². The van der Waals surface area contributed by atoms with E-state index in [2.05, 4.69) is 6.92 Å². The lowest BCUT2D eigenvalue weighted by Crippen LogP contribution is -1.97. The average Bonchev–Trinajstić information content (AvgIpc) is 2.20. The fourth-order valence-electron chi connectivity index (χ4n) is 1.10. The molecule has 1 atom stereocenters. The van der Waals surface area contributed by atoms with E-state index in [9.17, 15) is 0 Å². The Hall–Kier alpha value is 0.440. The second kappa shape index (κ2) is 6.90. The summed E-state index contributed by atoms with van der Waals surface area (Å²) in [4.78, 5) is 0. The molecular formula is C11H13Cl3S. The molecule has 1 aromatic carbocycles. The van der Waals surface area contributed by atoms with Gasteiger partial charge in [-0.1, -0.05) is 36.2 Å². The van der Waals surface area contributed by atoms with Gasteiger partial charge in [-0.15, -0.1) is 11.6 Å². The van der Waals surface area contributed by atoms with E-state index >= 15 is 0 Å². The van der Waals surface area contributed by atoms with Gasteiger partial charge < -0.3 is 0 Å². The highest BCUT2D eigenvalue weighted by Crippen LogP contribution is 2.26. The molecule has 15 heavy (non-hydrogen) atoms. The Bertz CT molecular complexity index is 315. The van der Waals surface area contributed by atoms with Gasteiger partial charge >= 0.3 is 0 Å². The zero-order valence-electron chi connectivity index (χ0n) is 8.47. The third-order valence-electron chi connectivity index (χ3n) is 2.03. The average molecular weight is 284 g/mol. The maximum absolute atomic E-state index is 5.93. The molecule has 1 aromatic rings. The van der Waals surface area contributed by atoms with Gasteiger partial charge in [-0.05, 0) is 24.1 Å². The third-order valence-corrected chi connectivity index (χ3v) is 4.30. The van der Waals surface area contributed by atoms with E-state index in [1.165, 1.54) is 5.56 Å². The molecule has 0 radical (unpaired) electrons. The SMILES string of the molecule is CC(CCCl)SCc1ccc(Cl)c(Cl)c1. The van der Waals surface area contributed by atoms with Crippen LogP contribution in [0, 0.1) is 0 Å². The first-order valence-corrected chi connectivity index (χ1v) is 7.09. The molecule has 0 fully saturated rings. The first-order chi connectivity index (χ1) is 7.13. The van der Waals surface area contributed by atoms with Gasteiger partial charge in [0.15, 0.2) is 0 Å². The largest absolute Gasteiger partial charge is 0.154 e. The van der Waals surface area contributed by atoms with Crippen LogP contribution in [0.25, 0.3) is 0 Å². The van der Waals surface area contributed by atoms with Gasteiger partial charge in [0, 0.05) is 16.9 Å². The minimum absolute atomic E-state index is 0.581. The molecule has 1 unspecified atom stereocenters. The monoisotopic (exact) mass is 282 g/mol. The number of halogens is 3. The molecule has 0 N–H and O–H groups in total. The first kappa shape index (κ1) is 13.5. The standard InChI is InChI=1S/C11H13Cl3S/c1-8(4-5-12)15-7-9-2-3-10(13)11(14)6-9/h2-3,6,8H,4-5,7H2,1H3. The molecule has 0 aromatic heterocycles. The van der Waals surface area contributed by atoms with Crippen LogP contribution in [0.1, 0.15) is 18.9 Å². The van der Waals surface area contributed by atoms with E-state index in [1.54, 1.807) is 0 Å². The third kappa shape index (κ3) is 4.86. The van der Waals surface area contributed by atoms with Crippen LogP contribution in [0.5, 0.6) is 0 Å². The van der Waals surface area contributed by atoms with Crippen molar-refractivity contribution in [3.63, 3.8) is 0 Å². The van der Waals surface area contributed by atoms with Crippen LogP contribution in [0.2, 0.25) is 10.0 Å². The number of thioether (sulfide) groups is 1. The zero-order chi connectivity index (χ0) is 11.3. The summed E-state index contributed by atoms with van der Waals surface area (Å²) < 4.78 is 0. The van der Waals surface area contributed by atoms with Crippen LogP contribution in [-0.2, 0) is 5.75 Å². The lowest BCUT2D eigenvalue weighted by atomic mass is 10.2. The highest BCUT2D eigenvalue weighted by atomic mass is 35.5. The quantitative estimate of drug-likeness (QED) is 0.666. The molecule has 1 rings (SSSR count). The number of hydrogen-bond donors (Lipinski definition) is 0. The molecule has 0 aliphatic rings. The smallest absolute Gasteiger partial charge is 0.0595 e. The topological polar surface area (TPSA) is 0 Å². The summed E-state index contributed by atoms with van der Waals surface area (Å²) in [6.07, 6.45) is 1.04. The minimum Gasteiger partial charge on any atom is -0.154 e. The fourth-order valence-corrected chi connectivity index (χ4v) is 2.82. The number of benzene rings is 1. The first-order valence-electron chi connectivity index (χ1n) is 4.75. The van der Waals surface area contributed by atoms with E-state index in [1.807, 2.05) is 30.0 Å². The minimum atomic E-state index is 0.581. The molecule has 0 aliphatic carbocycles. The van der Waals surface area contributed by atoms with Crippen LogP contribution < -0.4 is 0 Å². The van der Waals surface area contributed by atoms with Crippen molar-refractivity contribution in [2.45, 2.75) is 24.3 Å². The van der Waals surface area contributed by atoms with Crippen molar-refractivity contribution in [3.8, 4) is 0 Å². The van der Waals surface area contributed by atoms with Crippen molar-refractivity contribution in [1.82, 2.24) is 0 Å². The van der Waals surface area contributed by atoms with Crippen molar-refractivity contribution in [2.75, 3.05) is 5.88 Å². The van der Waals surface area contributed by atoms with Gasteiger partial charge in [0.25, 0.3) is 0 Å². The summed E-state index contributed by atoms with van der Waals surface area (Å²) in [6.45, 7) is 2.19. The lowest BCUT2D eigenvalue weighted by molar-refractivity contribution is 0.912. The summed E-state index contributed by atoms with van der Waals surface area (Å²) in [7, 11) is 0. The predicted octanol–water partition coefficient (Wildman–Crippen LogP) is 5.24. The van der Waals surface area contributed by atoms with Crippen LogP contribution in [0.15, 0.2) is 18.2 Å². The van der Waals surface area contributed by atoms with Gasteiger partial charge in [0.1, 0.15) is 0 Å². The van der Waals surface area contributed by atoms with Gasteiger partial charge in [-0.25, -0.2) is 0 Å². The number of alkyl halides is 1. The molecule has 0 spiro atoms. The van der Waals surface area contributed by atoms with Gasteiger partial charge in [0.05, 0.1) is 10.0 Å². The number of rotatable bonds is 5. The normalized spacial score (nSPS) is 12.8. The fraction of sp³-hybridized carbons (Fsp3) is 0.455. The Balaban J connectivity index is 2.47. The summed E-state index contributed by atoms with van der Waals surface area (Å²) in [5, 5.41) is 1.82. The Morgan fingerprint density at radius 2 is 2.00 bits per heavy atom. The molecule has 0 saturated carbocycles. The summed E-state index contributed by atoms with van der Waals surface area (Å²) in [6, 6.07) is 5.77. The molecule has 0 amide bonds. The van der Waals surface area contributed by atoms with Crippen molar-refractivity contribution < 1.29 is 0 Å². The molecule has 0 saturated heterocycles. The molecular weight excluding hydrogens is 271 g/mol. The van der Waals surface area contributed by atoms with Crippen molar-refractivity contribution in [3.05, 3.63) is 33.8 Å². The maximum Gasteiger partial charge on any atom is 0.0595 e. The second-order valence-electron chi connectivity index (χ2n) is 3.35. The molecule has 4 heteroatoms. The van der Waals surface area contributed by atoms with E-state index in [4.69, 9.17) is 34.8 Å². The molecule has 84 valence electrons. The summed E-state index contributed by atoms with van der Waals surface area (Å²) >= 11 is 19.3. The molecule has 0 aliphatic heterocycles. The van der Waals surface area contributed by atoms with Crippen LogP contribution in [0.3, 0.4) is 0 Å². The van der Waals surface area contributed by atoms with E-state index < -0.39 is 0 Å². The van der Waals surface area contributed by atoms with Crippen LogP contribution in [-0.4, -0.2) is 11.1 Å². The Morgan fingerprint density at radius 3 is 2.60 bits per heavy atom. The van der Waals surface area contributed by atoms with Crippen LogP contribution in [0.4, 0.5) is 0 Å². The molecule has 0 heterocycles. The van der Waals surface area contributed by atoms with E-state index in [0.29, 0.717) is 15.3 Å².